The molecule has 0 aromatic carbocycles. The molecule has 1 rings (SSSR count). The van der Waals surface area contributed by atoms with Crippen LogP contribution in [0.2, 0.25) is 0 Å². The first-order chi connectivity index (χ1) is 7.00. The molecule has 15 heavy (non-hydrogen) atoms. The van der Waals surface area contributed by atoms with E-state index in [9.17, 15) is 9.90 Å². The average Bonchev–Trinajstić information content (AvgIpc) is 2.17. The third kappa shape index (κ3) is 3.63. The van der Waals surface area contributed by atoms with Crippen LogP contribution in [-0.4, -0.2) is 40.8 Å². The van der Waals surface area contributed by atoms with E-state index < -0.39 is 0 Å². The van der Waals surface area contributed by atoms with Crippen molar-refractivity contribution in [2.45, 2.75) is 32.3 Å². The van der Waals surface area contributed by atoms with E-state index in [1.807, 2.05) is 6.92 Å². The van der Waals surface area contributed by atoms with Crippen LogP contribution in [0.5, 0.6) is 0 Å². The highest BCUT2D eigenvalue weighted by Gasteiger charge is 2.24. The van der Waals surface area contributed by atoms with Gasteiger partial charge in [0, 0.05) is 24.7 Å². The molecule has 1 radical (unpaired) electrons. The number of hydrogen-bond donors (Lipinski definition) is 2. The minimum atomic E-state index is -0.254. The van der Waals surface area contributed by atoms with Crippen LogP contribution in [0.1, 0.15) is 26.2 Å². The van der Waals surface area contributed by atoms with E-state index in [0.717, 1.165) is 0 Å². The molecule has 2 N–H and O–H groups in total. The van der Waals surface area contributed by atoms with Crippen molar-refractivity contribution in [3.8, 4) is 0 Å². The number of nitrogens with one attached hydrogen (secondary N) is 1. The summed E-state index contributed by atoms with van der Waals surface area (Å²) >= 11 is 0. The van der Waals surface area contributed by atoms with Crippen molar-refractivity contribution in [3.05, 3.63) is 6.92 Å². The van der Waals surface area contributed by atoms with Crippen molar-refractivity contribution in [1.82, 2.24) is 4.90 Å². The predicted molar refractivity (Wildman–Crippen MR) is 58.7 cm³/mol. The summed E-state index contributed by atoms with van der Waals surface area (Å²) in [5.41, 5.74) is 0.299. The van der Waals surface area contributed by atoms with E-state index in [-0.39, 0.29) is 17.9 Å². The predicted octanol–water partition coefficient (Wildman–Crippen LogP) is 0.850. The van der Waals surface area contributed by atoms with Gasteiger partial charge >= 0.3 is 0 Å². The Morgan fingerprint density at radius 2 is 2.13 bits per heavy atom. The molecular formula is C11H19N2O2. The first-order valence-electron chi connectivity index (χ1n) is 5.37. The first-order valence-corrected chi connectivity index (χ1v) is 5.37. The number of hydrogen-bond acceptors (Lipinski definition) is 3. The van der Waals surface area contributed by atoms with Crippen molar-refractivity contribution in [3.63, 3.8) is 0 Å². The van der Waals surface area contributed by atoms with Gasteiger partial charge in [0.25, 0.3) is 0 Å². The molecule has 1 unspecified atom stereocenters. The summed E-state index contributed by atoms with van der Waals surface area (Å²) in [6, 6.07) is 0. The molecule has 4 heteroatoms. The van der Waals surface area contributed by atoms with Crippen molar-refractivity contribution < 1.29 is 9.90 Å². The van der Waals surface area contributed by atoms with Gasteiger partial charge in [0.2, 0.25) is 5.91 Å². The Bertz CT molecular complexity index is 245. The van der Waals surface area contributed by atoms with Crippen molar-refractivity contribution in [1.29, 1.82) is 5.41 Å². The van der Waals surface area contributed by atoms with E-state index in [0.29, 0.717) is 38.1 Å². The maximum absolute atomic E-state index is 11.9. The lowest BCUT2D eigenvalue weighted by Gasteiger charge is -2.31. The van der Waals surface area contributed by atoms with Gasteiger partial charge in [-0.2, -0.15) is 0 Å². The Morgan fingerprint density at radius 1 is 1.60 bits per heavy atom. The van der Waals surface area contributed by atoms with Crippen LogP contribution in [0.4, 0.5) is 0 Å². The Kier molecular flexibility index (Phi) is 4.27. The molecule has 1 amide bonds. The number of carbonyl (C=O) groups excluding carboxylic acids is 1. The molecule has 0 aliphatic carbocycles. The number of rotatable bonds is 3. The number of nitrogens with zero attached hydrogens (tertiary/aromatic N) is 1. The minimum Gasteiger partial charge on any atom is -0.393 e. The second-order valence-electron chi connectivity index (χ2n) is 4.27. The van der Waals surface area contributed by atoms with Crippen LogP contribution < -0.4 is 0 Å². The molecule has 0 aromatic rings. The molecule has 1 heterocycles. The molecule has 1 saturated heterocycles. The normalized spacial score (nSPS) is 20.1. The van der Waals surface area contributed by atoms with E-state index in [2.05, 4.69) is 6.92 Å². The van der Waals surface area contributed by atoms with E-state index in [1.165, 1.54) is 0 Å². The molecular weight excluding hydrogens is 192 g/mol. The quantitative estimate of drug-likeness (QED) is 0.680. The van der Waals surface area contributed by atoms with Crippen LogP contribution in [-0.2, 0) is 4.79 Å². The van der Waals surface area contributed by atoms with Crippen LogP contribution >= 0.6 is 0 Å². The largest absolute Gasteiger partial charge is 0.393 e. The van der Waals surface area contributed by atoms with Gasteiger partial charge in [0.15, 0.2) is 0 Å². The summed E-state index contributed by atoms with van der Waals surface area (Å²) in [5, 5.41) is 16.6. The van der Waals surface area contributed by atoms with Gasteiger partial charge in [-0.25, -0.2) is 0 Å². The second kappa shape index (κ2) is 5.26. The summed E-state index contributed by atoms with van der Waals surface area (Å²) in [7, 11) is 0. The Labute approximate surface area is 90.8 Å². The van der Waals surface area contributed by atoms with Gasteiger partial charge < -0.3 is 15.4 Å². The van der Waals surface area contributed by atoms with Crippen LogP contribution in [0.3, 0.4) is 0 Å². The molecule has 4 nitrogen and oxygen atoms in total. The first kappa shape index (κ1) is 12.2. The highest BCUT2D eigenvalue weighted by atomic mass is 16.3. The number of aliphatic hydroxyl groups is 1. The summed E-state index contributed by atoms with van der Waals surface area (Å²) in [6.45, 7) is 6.58. The third-order valence-electron chi connectivity index (χ3n) is 2.75. The van der Waals surface area contributed by atoms with E-state index in [1.54, 1.807) is 4.90 Å². The minimum absolute atomic E-state index is 0.0790. The standard InChI is InChI=1S/C11H19N2O2/c1-8(7-9(2)12)11(15)13-5-3-10(14)4-6-13/h8,10,12,14H,2-7H2,1H3. The van der Waals surface area contributed by atoms with E-state index in [4.69, 9.17) is 5.41 Å². The van der Waals surface area contributed by atoms with Crippen molar-refractivity contribution in [2.24, 2.45) is 5.92 Å². The number of piperidine rings is 1. The smallest absolute Gasteiger partial charge is 0.225 e. The molecule has 0 spiro atoms. The molecule has 1 fully saturated rings. The maximum Gasteiger partial charge on any atom is 0.225 e. The van der Waals surface area contributed by atoms with Gasteiger partial charge in [-0.15, -0.1) is 0 Å². The zero-order valence-corrected chi connectivity index (χ0v) is 9.20. The highest BCUT2D eigenvalue weighted by molar-refractivity contribution is 5.90. The number of carbonyl (C=O) groups is 1. The van der Waals surface area contributed by atoms with Crippen LogP contribution in [0.15, 0.2) is 0 Å². The number of amides is 1. The molecule has 0 saturated carbocycles. The number of aliphatic hydroxyl groups excluding tert-OH is 1. The van der Waals surface area contributed by atoms with Gasteiger partial charge in [-0.1, -0.05) is 6.92 Å². The molecule has 0 bridgehead atoms. The van der Waals surface area contributed by atoms with Gasteiger partial charge in [0.1, 0.15) is 0 Å². The fraction of sp³-hybridized carbons (Fsp3) is 0.727. The fourth-order valence-corrected chi connectivity index (χ4v) is 1.85. The summed E-state index contributed by atoms with van der Waals surface area (Å²) < 4.78 is 0. The number of likely N-dealkylation sites (tertiary alicyclic amines) is 1. The molecule has 1 aliphatic rings. The second-order valence-corrected chi connectivity index (χ2v) is 4.27. The zero-order valence-electron chi connectivity index (χ0n) is 9.20. The van der Waals surface area contributed by atoms with Crippen molar-refractivity contribution in [2.75, 3.05) is 13.1 Å². The lowest BCUT2D eigenvalue weighted by molar-refractivity contribution is -0.136. The average molecular weight is 211 g/mol. The molecule has 1 atom stereocenters. The van der Waals surface area contributed by atoms with Gasteiger partial charge in [-0.05, 0) is 26.2 Å². The maximum atomic E-state index is 11.9. The van der Waals surface area contributed by atoms with E-state index >= 15 is 0 Å². The summed E-state index contributed by atoms with van der Waals surface area (Å²) in [5.74, 6) is -0.0828. The summed E-state index contributed by atoms with van der Waals surface area (Å²) in [6.07, 6.45) is 1.51. The monoisotopic (exact) mass is 211 g/mol. The topological polar surface area (TPSA) is 64.4 Å². The Hall–Kier alpha value is -0.900. The Morgan fingerprint density at radius 3 is 2.60 bits per heavy atom. The Balaban J connectivity index is 2.42. The highest BCUT2D eigenvalue weighted by Crippen LogP contribution is 2.14. The van der Waals surface area contributed by atoms with Crippen molar-refractivity contribution >= 4 is 11.6 Å². The van der Waals surface area contributed by atoms with Crippen LogP contribution in [0, 0.1) is 18.3 Å². The fourth-order valence-electron chi connectivity index (χ4n) is 1.85. The third-order valence-corrected chi connectivity index (χ3v) is 2.75. The molecule has 0 aromatic heterocycles. The lowest BCUT2D eigenvalue weighted by Crippen LogP contribution is -2.42. The summed E-state index contributed by atoms with van der Waals surface area (Å²) in [4.78, 5) is 13.6. The lowest BCUT2D eigenvalue weighted by atomic mass is 10.0. The van der Waals surface area contributed by atoms with Gasteiger partial charge in [-0.3, -0.25) is 4.79 Å². The SMILES string of the molecule is [CH2]C(=N)CC(C)C(=O)N1CCC(O)CC1. The molecule has 1 aliphatic heterocycles. The molecule has 85 valence electrons. The van der Waals surface area contributed by atoms with Gasteiger partial charge in [0.05, 0.1) is 6.10 Å². The zero-order chi connectivity index (χ0) is 11.4. The van der Waals surface area contributed by atoms with Crippen LogP contribution in [0.25, 0.3) is 0 Å².